The van der Waals surface area contributed by atoms with E-state index in [1.807, 2.05) is 0 Å². The van der Waals surface area contributed by atoms with Gasteiger partial charge in [-0.25, -0.2) is 0 Å². The van der Waals surface area contributed by atoms with Crippen molar-refractivity contribution < 1.29 is 49.4 Å². The van der Waals surface area contributed by atoms with Crippen molar-refractivity contribution in [3.8, 4) is 0 Å². The maximum absolute atomic E-state index is 14.0. The molecule has 0 spiro atoms. The Morgan fingerprint density at radius 1 is 0.567 bits per heavy atom. The van der Waals surface area contributed by atoms with Gasteiger partial charge in [-0.2, -0.15) is 0 Å². The minimum atomic E-state index is -1.61. The average molecular weight is 856 g/mol. The van der Waals surface area contributed by atoms with Crippen molar-refractivity contribution in [3.63, 3.8) is 0 Å². The summed E-state index contributed by atoms with van der Waals surface area (Å²) in [5, 5.41) is 56.3. The molecule has 1 aliphatic heterocycles. The molecule has 0 aromatic rings. The predicted octanol–water partition coefficient (Wildman–Crippen LogP) is 7.82. The first-order valence-electron chi connectivity index (χ1n) is 24.4. The molecular weight excluding hydrogens is 767 g/mol. The fraction of sp³-hybridized carbons (Fsp3) is 0.915. The second kappa shape index (κ2) is 37.3. The number of carboxylic acid groups (broad SMARTS) is 1. The molecule has 13 heteroatoms. The van der Waals surface area contributed by atoms with Gasteiger partial charge in [0, 0.05) is 25.8 Å². The summed E-state index contributed by atoms with van der Waals surface area (Å²) in [5.41, 5.74) is 0. The Morgan fingerprint density at radius 3 is 1.42 bits per heavy atom. The Morgan fingerprint density at radius 2 is 0.983 bits per heavy atom. The first-order chi connectivity index (χ1) is 29.1. The van der Waals surface area contributed by atoms with E-state index >= 15 is 0 Å². The number of rotatable bonds is 40. The Hall–Kier alpha value is -2.32. The van der Waals surface area contributed by atoms with Gasteiger partial charge in [-0.3, -0.25) is 19.2 Å². The van der Waals surface area contributed by atoms with Gasteiger partial charge in [-0.05, 0) is 25.7 Å². The maximum Gasteiger partial charge on any atom is 0.303 e. The van der Waals surface area contributed by atoms with Crippen LogP contribution in [0.25, 0.3) is 0 Å². The number of nitrogens with one attached hydrogen (secondary N) is 2. The van der Waals surface area contributed by atoms with Crippen LogP contribution in [0, 0.1) is 0 Å². The van der Waals surface area contributed by atoms with Gasteiger partial charge >= 0.3 is 5.97 Å². The number of aliphatic hydroxyl groups excluding tert-OH is 4. The second-order valence-corrected chi connectivity index (χ2v) is 17.3. The topological polar surface area (TPSA) is 206 Å². The Kier molecular flexibility index (Phi) is 34.6. The lowest BCUT2D eigenvalue weighted by atomic mass is 9.94. The minimum Gasteiger partial charge on any atom is -0.481 e. The van der Waals surface area contributed by atoms with Crippen LogP contribution in [0.1, 0.15) is 219 Å². The number of hydrogen-bond donors (Lipinski definition) is 7. The summed E-state index contributed by atoms with van der Waals surface area (Å²) in [4.78, 5) is 52.5. The van der Waals surface area contributed by atoms with Gasteiger partial charge in [0.05, 0.1) is 13.2 Å². The smallest absolute Gasteiger partial charge is 0.303 e. The van der Waals surface area contributed by atoms with E-state index in [-0.39, 0.29) is 25.2 Å². The zero-order valence-corrected chi connectivity index (χ0v) is 37.9. The van der Waals surface area contributed by atoms with Crippen molar-refractivity contribution in [2.24, 2.45) is 0 Å². The molecular formula is C47H89N3O10. The number of carboxylic acids is 1. The zero-order valence-electron chi connectivity index (χ0n) is 37.9. The molecule has 1 fully saturated rings. The van der Waals surface area contributed by atoms with Crippen LogP contribution in [0.4, 0.5) is 0 Å². The van der Waals surface area contributed by atoms with Crippen molar-refractivity contribution in [2.75, 3.05) is 19.8 Å². The highest BCUT2D eigenvalue weighted by atomic mass is 16.5. The fourth-order valence-electron chi connectivity index (χ4n) is 8.12. The molecule has 1 saturated heterocycles. The van der Waals surface area contributed by atoms with Gasteiger partial charge in [-0.1, -0.05) is 174 Å². The summed E-state index contributed by atoms with van der Waals surface area (Å²) in [6.45, 7) is 3.42. The van der Waals surface area contributed by atoms with E-state index in [1.54, 1.807) is 0 Å². The molecule has 6 atom stereocenters. The third-order valence-electron chi connectivity index (χ3n) is 12.0. The van der Waals surface area contributed by atoms with Crippen LogP contribution >= 0.6 is 0 Å². The molecule has 1 rings (SSSR count). The number of nitrogens with zero attached hydrogens (tertiary/aromatic N) is 1. The Bertz CT molecular complexity index is 1100. The van der Waals surface area contributed by atoms with Crippen LogP contribution in [-0.4, -0.2) is 111 Å². The average Bonchev–Trinajstić information content (AvgIpc) is 3.23. The third kappa shape index (κ3) is 26.2. The number of aliphatic hydroxyl groups is 4. The van der Waals surface area contributed by atoms with Crippen LogP contribution in [0.3, 0.4) is 0 Å². The van der Waals surface area contributed by atoms with Crippen molar-refractivity contribution in [3.05, 3.63) is 0 Å². The van der Waals surface area contributed by atoms with Gasteiger partial charge in [0.2, 0.25) is 17.7 Å². The molecule has 0 unspecified atom stereocenters. The number of unbranched alkanes of at least 4 members (excludes halogenated alkanes) is 26. The molecule has 60 heavy (non-hydrogen) atoms. The first kappa shape index (κ1) is 55.7. The molecule has 0 radical (unpaired) electrons. The second-order valence-electron chi connectivity index (χ2n) is 17.3. The van der Waals surface area contributed by atoms with E-state index in [4.69, 9.17) is 9.84 Å². The number of carbonyl (C=O) groups excluding carboxylic acids is 3. The van der Waals surface area contributed by atoms with Crippen LogP contribution in [0.15, 0.2) is 0 Å². The lowest BCUT2D eigenvalue weighted by Crippen LogP contribution is -2.70. The van der Waals surface area contributed by atoms with Gasteiger partial charge < -0.3 is 45.8 Å². The van der Waals surface area contributed by atoms with Crippen LogP contribution in [0.2, 0.25) is 0 Å². The van der Waals surface area contributed by atoms with Crippen LogP contribution in [0.5, 0.6) is 0 Å². The molecule has 0 bridgehead atoms. The lowest BCUT2D eigenvalue weighted by Gasteiger charge is -2.47. The summed E-state index contributed by atoms with van der Waals surface area (Å²) in [5.74, 6) is -2.35. The van der Waals surface area contributed by atoms with Gasteiger partial charge in [0.25, 0.3) is 0 Å². The molecule has 7 N–H and O–H groups in total. The van der Waals surface area contributed by atoms with E-state index < -0.39 is 67.6 Å². The summed E-state index contributed by atoms with van der Waals surface area (Å²) in [6, 6.07) is -2.67. The maximum atomic E-state index is 14.0. The Labute approximate surface area is 363 Å². The highest BCUT2D eigenvalue weighted by molar-refractivity contribution is 5.88. The molecule has 0 aliphatic carbocycles. The summed E-state index contributed by atoms with van der Waals surface area (Å²) in [7, 11) is 0. The lowest BCUT2D eigenvalue weighted by molar-refractivity contribution is -0.231. The van der Waals surface area contributed by atoms with E-state index in [1.165, 1.54) is 114 Å². The predicted molar refractivity (Wildman–Crippen MR) is 237 cm³/mol. The summed E-state index contributed by atoms with van der Waals surface area (Å²) >= 11 is 0. The van der Waals surface area contributed by atoms with Gasteiger partial charge in [-0.15, -0.1) is 0 Å². The fourth-order valence-corrected chi connectivity index (χ4v) is 8.12. The van der Waals surface area contributed by atoms with Crippen LogP contribution < -0.4 is 10.6 Å². The van der Waals surface area contributed by atoms with E-state index in [0.717, 1.165) is 38.5 Å². The number of aliphatic carboxylic acids is 1. The normalized spacial score (nSPS) is 19.5. The van der Waals surface area contributed by atoms with E-state index in [2.05, 4.69) is 24.5 Å². The SMILES string of the molecule is CCCCCCCCCCCCCCCCCCN(C(=O)CCCCCCCCCCC)[C@@H]1O[C@H](CO)[C@@H](O)[C@H](O)[C@H]1NC(=O)[C@H](CO)NC(=O)CCCCCCC(=O)O. The van der Waals surface area contributed by atoms with Crippen molar-refractivity contribution in [1.82, 2.24) is 15.5 Å². The van der Waals surface area contributed by atoms with Crippen molar-refractivity contribution >= 4 is 23.7 Å². The number of amides is 3. The molecule has 3 amide bonds. The third-order valence-corrected chi connectivity index (χ3v) is 12.0. The van der Waals surface area contributed by atoms with Gasteiger partial charge in [0.1, 0.15) is 30.4 Å². The summed E-state index contributed by atoms with van der Waals surface area (Å²) < 4.78 is 6.12. The molecule has 0 saturated carbocycles. The molecule has 0 aromatic carbocycles. The van der Waals surface area contributed by atoms with Crippen molar-refractivity contribution in [1.29, 1.82) is 0 Å². The Balaban J connectivity index is 2.86. The zero-order chi connectivity index (χ0) is 44.2. The monoisotopic (exact) mass is 856 g/mol. The summed E-state index contributed by atoms with van der Waals surface area (Å²) in [6.07, 6.45) is 26.3. The highest BCUT2D eigenvalue weighted by Crippen LogP contribution is 2.26. The van der Waals surface area contributed by atoms with Crippen molar-refractivity contribution in [2.45, 2.75) is 256 Å². The van der Waals surface area contributed by atoms with Crippen LogP contribution in [-0.2, 0) is 23.9 Å². The molecule has 1 aliphatic rings. The molecule has 13 nitrogen and oxygen atoms in total. The standard InChI is InChI=1S/C47H89N3O10/c1-3-5-7-9-11-13-14-15-16-17-18-19-21-23-27-31-35-50(41(54)33-29-24-22-20-12-10-8-6-4-2)47-43(45(58)44(57)39(37-52)60-47)49-46(59)38(36-51)48-40(53)32-28-25-26-30-34-42(55)56/h38-39,43-45,47,51-52,57-58H,3-37H2,1-2H3,(H,48,53)(H,49,59)(H,55,56)/t38-,39+,43+,44+,45+,47+/m0/s1. The first-order valence-corrected chi connectivity index (χ1v) is 24.4. The minimum absolute atomic E-state index is 0.0617. The molecule has 1 heterocycles. The van der Waals surface area contributed by atoms with E-state index in [0.29, 0.717) is 45.1 Å². The van der Waals surface area contributed by atoms with E-state index in [9.17, 15) is 39.6 Å². The quantitative estimate of drug-likeness (QED) is 0.0298. The molecule has 0 aromatic heterocycles. The highest BCUT2D eigenvalue weighted by Gasteiger charge is 2.48. The largest absolute Gasteiger partial charge is 0.481 e. The van der Waals surface area contributed by atoms with Gasteiger partial charge in [0.15, 0.2) is 6.23 Å². The number of ether oxygens (including phenoxy) is 1. The number of hydrogen-bond acceptors (Lipinski definition) is 9. The molecule has 352 valence electrons. The number of carbonyl (C=O) groups is 4.